The molecular weight excluding hydrogens is 216 g/mol. The lowest BCUT2D eigenvalue weighted by Gasteiger charge is -2.37. The van der Waals surface area contributed by atoms with Gasteiger partial charge >= 0.3 is 0 Å². The molecule has 17 heavy (non-hydrogen) atoms. The molecule has 0 spiro atoms. The van der Waals surface area contributed by atoms with Crippen LogP contribution in [0.15, 0.2) is 4.52 Å². The molecule has 1 aromatic heterocycles. The normalized spacial score (nSPS) is 22.2. The third-order valence-electron chi connectivity index (χ3n) is 3.46. The second-order valence-electron chi connectivity index (χ2n) is 5.09. The van der Waals surface area contributed by atoms with Gasteiger partial charge in [-0.1, -0.05) is 25.4 Å². The number of piperidine rings is 1. The van der Waals surface area contributed by atoms with Crippen molar-refractivity contribution in [3.8, 4) is 0 Å². The van der Waals surface area contributed by atoms with Crippen LogP contribution in [0.5, 0.6) is 0 Å². The summed E-state index contributed by atoms with van der Waals surface area (Å²) in [5, 5.41) is 3.97. The van der Waals surface area contributed by atoms with Crippen molar-refractivity contribution in [1.82, 2.24) is 15.0 Å². The van der Waals surface area contributed by atoms with Crippen LogP contribution in [-0.2, 0) is 13.1 Å². The summed E-state index contributed by atoms with van der Waals surface area (Å²) in [6.45, 7) is 6.80. The summed E-state index contributed by atoms with van der Waals surface area (Å²) in [5.41, 5.74) is 5.46. The molecule has 2 N–H and O–H groups in total. The minimum absolute atomic E-state index is 0.320. The summed E-state index contributed by atoms with van der Waals surface area (Å²) in [5.74, 6) is 1.97. The molecule has 1 saturated heterocycles. The fraction of sp³-hybridized carbons (Fsp3) is 0.833. The van der Waals surface area contributed by atoms with E-state index in [4.69, 9.17) is 10.3 Å². The molecule has 96 valence electrons. The van der Waals surface area contributed by atoms with E-state index in [1.165, 1.54) is 19.3 Å². The van der Waals surface area contributed by atoms with Crippen LogP contribution in [0.2, 0.25) is 0 Å². The van der Waals surface area contributed by atoms with Gasteiger partial charge in [-0.3, -0.25) is 4.90 Å². The van der Waals surface area contributed by atoms with Crippen molar-refractivity contribution in [3.63, 3.8) is 0 Å². The van der Waals surface area contributed by atoms with Crippen molar-refractivity contribution in [2.45, 2.75) is 52.2 Å². The number of likely N-dealkylation sites (tertiary alicyclic amines) is 1. The smallest absolute Gasteiger partial charge is 0.240 e. The molecule has 1 fully saturated rings. The van der Waals surface area contributed by atoms with Gasteiger partial charge in [0.2, 0.25) is 5.89 Å². The van der Waals surface area contributed by atoms with E-state index < -0.39 is 0 Å². The van der Waals surface area contributed by atoms with Crippen LogP contribution < -0.4 is 5.73 Å². The maximum absolute atomic E-state index is 5.46. The molecule has 0 aliphatic carbocycles. The Balaban J connectivity index is 2.00. The van der Waals surface area contributed by atoms with E-state index in [1.54, 1.807) is 0 Å². The molecule has 1 unspecified atom stereocenters. The summed E-state index contributed by atoms with van der Waals surface area (Å²) in [6, 6.07) is 0.642. The third kappa shape index (κ3) is 3.04. The monoisotopic (exact) mass is 238 g/mol. The Labute approximate surface area is 102 Å². The van der Waals surface area contributed by atoms with Gasteiger partial charge in [0.25, 0.3) is 0 Å². The zero-order valence-corrected chi connectivity index (χ0v) is 10.7. The number of rotatable bonds is 4. The first-order chi connectivity index (χ1) is 8.20. The van der Waals surface area contributed by atoms with E-state index >= 15 is 0 Å². The molecule has 0 radical (unpaired) electrons. The van der Waals surface area contributed by atoms with E-state index in [0.29, 0.717) is 24.4 Å². The lowest BCUT2D eigenvalue weighted by molar-refractivity contribution is 0.101. The van der Waals surface area contributed by atoms with Gasteiger partial charge in [0.1, 0.15) is 0 Å². The van der Waals surface area contributed by atoms with Crippen molar-refractivity contribution in [3.05, 3.63) is 11.7 Å². The molecule has 2 heterocycles. The van der Waals surface area contributed by atoms with Gasteiger partial charge in [0.15, 0.2) is 5.82 Å². The highest BCUT2D eigenvalue weighted by Gasteiger charge is 2.26. The Morgan fingerprint density at radius 3 is 2.94 bits per heavy atom. The maximum atomic E-state index is 5.46. The highest BCUT2D eigenvalue weighted by molar-refractivity contribution is 4.89. The SMILES string of the molecule is CC(C)C1CCCCN1Cc1noc(CN)n1. The lowest BCUT2D eigenvalue weighted by atomic mass is 9.93. The summed E-state index contributed by atoms with van der Waals surface area (Å²) in [4.78, 5) is 6.74. The molecule has 5 heteroatoms. The standard InChI is InChI=1S/C12H22N4O/c1-9(2)10-5-3-4-6-16(10)8-11-14-12(7-13)17-15-11/h9-10H,3-8,13H2,1-2H3. The first-order valence-electron chi connectivity index (χ1n) is 6.46. The van der Waals surface area contributed by atoms with Crippen LogP contribution in [0.3, 0.4) is 0 Å². The number of nitrogens with two attached hydrogens (primary N) is 1. The van der Waals surface area contributed by atoms with Gasteiger partial charge in [-0.25, -0.2) is 0 Å². The van der Waals surface area contributed by atoms with Gasteiger partial charge in [0.05, 0.1) is 13.1 Å². The van der Waals surface area contributed by atoms with Crippen LogP contribution in [-0.4, -0.2) is 27.6 Å². The Morgan fingerprint density at radius 2 is 2.29 bits per heavy atom. The molecule has 1 aliphatic rings. The van der Waals surface area contributed by atoms with Crippen molar-refractivity contribution >= 4 is 0 Å². The summed E-state index contributed by atoms with van der Waals surface area (Å²) < 4.78 is 5.04. The summed E-state index contributed by atoms with van der Waals surface area (Å²) >= 11 is 0. The molecule has 0 bridgehead atoms. The summed E-state index contributed by atoms with van der Waals surface area (Å²) in [6.07, 6.45) is 3.88. The van der Waals surface area contributed by atoms with Gasteiger partial charge < -0.3 is 10.3 Å². The maximum Gasteiger partial charge on any atom is 0.240 e. The van der Waals surface area contributed by atoms with Gasteiger partial charge in [0, 0.05) is 6.04 Å². The van der Waals surface area contributed by atoms with Crippen molar-refractivity contribution in [1.29, 1.82) is 0 Å². The second-order valence-corrected chi connectivity index (χ2v) is 5.09. The molecule has 5 nitrogen and oxygen atoms in total. The molecule has 0 aromatic carbocycles. The fourth-order valence-electron chi connectivity index (χ4n) is 2.59. The van der Waals surface area contributed by atoms with Gasteiger partial charge in [-0.2, -0.15) is 4.98 Å². The summed E-state index contributed by atoms with van der Waals surface area (Å²) in [7, 11) is 0. The Kier molecular flexibility index (Phi) is 4.12. The largest absolute Gasteiger partial charge is 0.338 e. The van der Waals surface area contributed by atoms with Crippen LogP contribution in [0.4, 0.5) is 0 Å². The predicted octanol–water partition coefficient (Wildman–Crippen LogP) is 1.54. The van der Waals surface area contributed by atoms with Crippen molar-refractivity contribution < 1.29 is 4.52 Å². The third-order valence-corrected chi connectivity index (χ3v) is 3.46. The van der Waals surface area contributed by atoms with E-state index in [9.17, 15) is 0 Å². The van der Waals surface area contributed by atoms with Crippen LogP contribution in [0, 0.1) is 5.92 Å². The zero-order valence-electron chi connectivity index (χ0n) is 10.7. The number of hydrogen-bond donors (Lipinski definition) is 1. The first-order valence-corrected chi connectivity index (χ1v) is 6.46. The topological polar surface area (TPSA) is 68.2 Å². The van der Waals surface area contributed by atoms with Crippen LogP contribution in [0.1, 0.15) is 44.8 Å². The van der Waals surface area contributed by atoms with E-state index in [0.717, 1.165) is 18.9 Å². The average Bonchev–Trinajstić information content (AvgIpc) is 2.77. The molecule has 2 rings (SSSR count). The van der Waals surface area contributed by atoms with Crippen LogP contribution in [0.25, 0.3) is 0 Å². The first kappa shape index (κ1) is 12.5. The minimum atomic E-state index is 0.320. The molecular formula is C12H22N4O. The zero-order chi connectivity index (χ0) is 12.3. The van der Waals surface area contributed by atoms with E-state index in [-0.39, 0.29) is 0 Å². The molecule has 1 aromatic rings. The minimum Gasteiger partial charge on any atom is -0.338 e. The highest BCUT2D eigenvalue weighted by Crippen LogP contribution is 2.24. The quantitative estimate of drug-likeness (QED) is 0.861. The molecule has 1 aliphatic heterocycles. The fourth-order valence-corrected chi connectivity index (χ4v) is 2.59. The Bertz CT molecular complexity index is 350. The van der Waals surface area contributed by atoms with Crippen molar-refractivity contribution in [2.75, 3.05) is 6.54 Å². The Hall–Kier alpha value is -0.940. The second kappa shape index (κ2) is 5.60. The number of aromatic nitrogens is 2. The molecule has 0 saturated carbocycles. The average molecular weight is 238 g/mol. The molecule has 1 atom stereocenters. The number of nitrogens with zero attached hydrogens (tertiary/aromatic N) is 3. The van der Waals surface area contributed by atoms with Gasteiger partial charge in [-0.15, -0.1) is 0 Å². The number of hydrogen-bond acceptors (Lipinski definition) is 5. The van der Waals surface area contributed by atoms with Crippen LogP contribution >= 0.6 is 0 Å². The highest BCUT2D eigenvalue weighted by atomic mass is 16.5. The van der Waals surface area contributed by atoms with Crippen molar-refractivity contribution in [2.24, 2.45) is 11.7 Å². The van der Waals surface area contributed by atoms with Gasteiger partial charge in [-0.05, 0) is 25.3 Å². The Morgan fingerprint density at radius 1 is 1.47 bits per heavy atom. The van der Waals surface area contributed by atoms with E-state index in [1.807, 2.05) is 0 Å². The lowest BCUT2D eigenvalue weighted by Crippen LogP contribution is -2.42. The molecule has 0 amide bonds. The predicted molar refractivity (Wildman–Crippen MR) is 65.1 cm³/mol. The van der Waals surface area contributed by atoms with E-state index in [2.05, 4.69) is 28.9 Å².